The number of nitrogens with zero attached hydrogens (tertiary/aromatic N) is 1. The van der Waals surface area contributed by atoms with Gasteiger partial charge in [0.05, 0.1) is 12.0 Å². The average molecular weight is 671 g/mol. The molecule has 0 N–H and O–H groups in total. The van der Waals surface area contributed by atoms with Crippen LogP contribution in [-0.2, 0) is 5.41 Å². The van der Waals surface area contributed by atoms with Gasteiger partial charge in [-0.05, 0) is 94.9 Å². The van der Waals surface area contributed by atoms with Gasteiger partial charge in [-0.25, -0.2) is 0 Å². The van der Waals surface area contributed by atoms with E-state index in [2.05, 4.69) is 188 Å². The van der Waals surface area contributed by atoms with Gasteiger partial charge in [0.2, 0.25) is 0 Å². The highest BCUT2D eigenvalue weighted by Gasteiger charge is 2.44. The van der Waals surface area contributed by atoms with E-state index in [1.807, 2.05) is 0 Å². The summed E-state index contributed by atoms with van der Waals surface area (Å²) in [4.78, 5) is 2.45. The summed E-state index contributed by atoms with van der Waals surface area (Å²) in [5.41, 5.74) is 12.3. The van der Waals surface area contributed by atoms with Gasteiger partial charge in [-0.2, -0.15) is 0 Å². The predicted molar refractivity (Wildman–Crippen MR) is 215 cm³/mol. The van der Waals surface area contributed by atoms with Gasteiger partial charge >= 0.3 is 8.80 Å². The van der Waals surface area contributed by atoms with Gasteiger partial charge in [0.25, 0.3) is 0 Å². The number of anilines is 2. The van der Waals surface area contributed by atoms with E-state index in [0.29, 0.717) is 0 Å². The van der Waals surface area contributed by atoms with E-state index in [-0.39, 0.29) is 5.41 Å². The molecule has 1 unspecified atom stereocenters. The zero-order valence-electron chi connectivity index (χ0n) is 28.7. The van der Waals surface area contributed by atoms with Crippen LogP contribution in [0, 0.1) is 0 Å². The summed E-state index contributed by atoms with van der Waals surface area (Å²) in [5, 5.41) is 5.47. The number of para-hydroxylation sites is 1. The van der Waals surface area contributed by atoms with Crippen LogP contribution in [0.1, 0.15) is 18.9 Å². The second-order valence-corrected chi connectivity index (χ2v) is 16.5. The number of hydrogen-bond donors (Lipinski definition) is 0. The zero-order chi connectivity index (χ0) is 34.1. The second kappa shape index (κ2) is 11.6. The van der Waals surface area contributed by atoms with Crippen molar-refractivity contribution in [2.75, 3.05) is 4.90 Å². The van der Waals surface area contributed by atoms with Crippen molar-refractivity contribution in [2.45, 2.75) is 25.3 Å². The van der Waals surface area contributed by atoms with Crippen LogP contribution in [0.4, 0.5) is 11.4 Å². The van der Waals surface area contributed by atoms with Crippen molar-refractivity contribution in [2.24, 2.45) is 0 Å². The lowest BCUT2D eigenvalue weighted by Gasteiger charge is -2.33. The Morgan fingerprint density at radius 3 is 2.27 bits per heavy atom. The first kappa shape index (κ1) is 30.0. The third kappa shape index (κ3) is 4.76. The topological polar surface area (TPSA) is 12.5 Å². The van der Waals surface area contributed by atoms with Crippen molar-refractivity contribution >= 4 is 41.3 Å². The monoisotopic (exact) mass is 670 g/mol. The first-order valence-corrected chi connectivity index (χ1v) is 19.8. The normalized spacial score (nSPS) is 16.8. The molecule has 7 aromatic rings. The Morgan fingerprint density at radius 1 is 0.588 bits per heavy atom. The molecular weight excluding hydrogens is 635 g/mol. The Balaban J connectivity index is 1.11. The molecule has 2 nitrogen and oxygen atoms in total. The molecule has 0 bridgehead atoms. The molecule has 10 rings (SSSR count). The molecule has 0 fully saturated rings. The minimum Gasteiger partial charge on any atom is -0.460 e. The lowest BCUT2D eigenvalue weighted by Crippen LogP contribution is -2.35. The Hall–Kier alpha value is -5.90. The third-order valence-electron chi connectivity index (χ3n) is 11.2. The average Bonchev–Trinajstić information content (AvgIpc) is 3.64. The maximum Gasteiger partial charge on any atom is 0.388 e. The molecular formula is C48H36NOSi+. The maximum atomic E-state index is 6.59. The predicted octanol–water partition coefficient (Wildman–Crippen LogP) is 11.1. The summed E-state index contributed by atoms with van der Waals surface area (Å²) < 4.78 is 6.59. The van der Waals surface area contributed by atoms with E-state index < -0.39 is 8.80 Å². The quantitative estimate of drug-likeness (QED) is 0.169. The minimum absolute atomic E-state index is 0.174. The van der Waals surface area contributed by atoms with Crippen molar-refractivity contribution in [3.8, 4) is 39.1 Å². The van der Waals surface area contributed by atoms with Crippen LogP contribution in [0.2, 0.25) is 6.55 Å². The molecule has 1 atom stereocenters. The second-order valence-electron chi connectivity index (χ2n) is 14.2. The molecule has 1 aliphatic carbocycles. The highest BCUT2D eigenvalue weighted by atomic mass is 28.3. The highest BCUT2D eigenvalue weighted by molar-refractivity contribution is 6.88. The fourth-order valence-corrected chi connectivity index (χ4v) is 10.7. The molecule has 3 heteroatoms. The van der Waals surface area contributed by atoms with Crippen LogP contribution in [-0.4, -0.2) is 8.80 Å². The van der Waals surface area contributed by atoms with Crippen LogP contribution in [0.15, 0.2) is 181 Å². The smallest absolute Gasteiger partial charge is 0.388 e. The van der Waals surface area contributed by atoms with Gasteiger partial charge in [0.1, 0.15) is 21.9 Å². The van der Waals surface area contributed by atoms with E-state index >= 15 is 0 Å². The molecule has 7 aromatic carbocycles. The van der Waals surface area contributed by atoms with Crippen molar-refractivity contribution in [3.63, 3.8) is 0 Å². The zero-order valence-corrected chi connectivity index (χ0v) is 29.7. The Morgan fingerprint density at radius 2 is 1.35 bits per heavy atom. The largest absolute Gasteiger partial charge is 0.460 e. The van der Waals surface area contributed by atoms with Crippen molar-refractivity contribution in [3.05, 3.63) is 187 Å². The molecule has 0 saturated carbocycles. The molecule has 242 valence electrons. The van der Waals surface area contributed by atoms with Gasteiger partial charge in [-0.1, -0.05) is 115 Å². The van der Waals surface area contributed by atoms with Crippen LogP contribution in [0.25, 0.3) is 44.2 Å². The summed E-state index contributed by atoms with van der Waals surface area (Å²) in [6.07, 6.45) is 5.55. The summed E-state index contributed by atoms with van der Waals surface area (Å²) in [7, 11) is -0.956. The van der Waals surface area contributed by atoms with Crippen molar-refractivity contribution < 1.29 is 4.74 Å². The fourth-order valence-electron chi connectivity index (χ4n) is 8.44. The SMILES string of the molecule is C[Si+]1c2ccc(-c3ccccc3)cc2-c2ccc(N(C3=CCC4(C)C(=C3)Oc3ccccc34)c3cccc(-c4cccc5ccccc45)c3)cc21. The van der Waals surface area contributed by atoms with Crippen molar-refractivity contribution in [1.29, 1.82) is 0 Å². The van der Waals surface area contributed by atoms with E-state index in [1.54, 1.807) is 0 Å². The molecule has 0 saturated heterocycles. The maximum absolute atomic E-state index is 6.59. The number of benzene rings is 7. The van der Waals surface area contributed by atoms with Crippen LogP contribution in [0.5, 0.6) is 5.75 Å². The molecule has 0 amide bonds. The first-order valence-electron chi connectivity index (χ1n) is 17.8. The van der Waals surface area contributed by atoms with Gasteiger partial charge in [-0.15, -0.1) is 0 Å². The summed E-state index contributed by atoms with van der Waals surface area (Å²) >= 11 is 0. The molecule has 3 aliphatic rings. The fraction of sp³-hybridized carbons (Fsp3) is 0.0833. The van der Waals surface area contributed by atoms with Crippen LogP contribution >= 0.6 is 0 Å². The van der Waals surface area contributed by atoms with Gasteiger partial charge in [0.15, 0.2) is 0 Å². The number of fused-ring (bicyclic) bond motifs is 7. The van der Waals surface area contributed by atoms with E-state index in [1.165, 1.54) is 65.8 Å². The Kier molecular flexibility index (Phi) is 6.80. The Bertz CT molecular complexity index is 2580. The number of allylic oxidation sites excluding steroid dienone is 3. The summed E-state index contributed by atoms with van der Waals surface area (Å²) in [6, 6.07) is 57.8. The standard InChI is InChI=1S/C48H36NOSi/c1-48-27-26-38(31-47(48)50-44-21-9-8-20-43(44)48)49(36-17-10-16-35(28-36)40-19-11-15-33-14-6-7-18-39(33)40)37-23-24-41-42-29-34(32-12-4-3-5-13-32)22-25-45(42)51(2)46(41)30-37/h3-26,28-31H,27H2,1-2H3/q+1. The molecule has 0 aromatic heterocycles. The Labute approximate surface area is 301 Å². The highest BCUT2D eigenvalue weighted by Crippen LogP contribution is 2.51. The molecule has 2 aliphatic heterocycles. The lowest BCUT2D eigenvalue weighted by atomic mass is 9.76. The molecule has 0 spiro atoms. The molecule has 51 heavy (non-hydrogen) atoms. The molecule has 2 heterocycles. The van der Waals surface area contributed by atoms with Gasteiger partial charge < -0.3 is 9.64 Å². The third-order valence-corrected chi connectivity index (χ3v) is 13.7. The summed E-state index contributed by atoms with van der Waals surface area (Å²) in [6.45, 7) is 4.76. The number of rotatable bonds is 5. The van der Waals surface area contributed by atoms with E-state index in [9.17, 15) is 0 Å². The van der Waals surface area contributed by atoms with Gasteiger partial charge in [0, 0.05) is 39.8 Å². The van der Waals surface area contributed by atoms with E-state index in [4.69, 9.17) is 4.74 Å². The summed E-state index contributed by atoms with van der Waals surface area (Å²) in [5.74, 6) is 1.98. The first-order chi connectivity index (χ1) is 25.0. The van der Waals surface area contributed by atoms with Gasteiger partial charge in [-0.3, -0.25) is 0 Å². The number of hydrogen-bond acceptors (Lipinski definition) is 2. The number of ether oxygens (including phenoxy) is 1. The van der Waals surface area contributed by atoms with Crippen LogP contribution < -0.4 is 20.0 Å². The minimum atomic E-state index is -0.956. The molecule has 0 radical (unpaired) electrons. The van der Waals surface area contributed by atoms with Crippen molar-refractivity contribution in [1.82, 2.24) is 0 Å². The lowest BCUT2D eigenvalue weighted by molar-refractivity contribution is 0.375. The van der Waals surface area contributed by atoms with E-state index in [0.717, 1.165) is 29.3 Å². The van der Waals surface area contributed by atoms with Crippen LogP contribution in [0.3, 0.4) is 0 Å².